The second-order valence-electron chi connectivity index (χ2n) is 6.05. The number of hydrogen-bond acceptors (Lipinski definition) is 5. The van der Waals surface area contributed by atoms with Crippen molar-refractivity contribution >= 4 is 11.7 Å². The van der Waals surface area contributed by atoms with Crippen LogP contribution in [0.1, 0.15) is 33.1 Å². The number of nitrogens with one attached hydrogen (secondary N) is 1. The molecule has 2 rings (SSSR count). The van der Waals surface area contributed by atoms with Gasteiger partial charge in [0, 0.05) is 25.3 Å². The predicted molar refractivity (Wildman–Crippen MR) is 82.8 cm³/mol. The lowest BCUT2D eigenvalue weighted by molar-refractivity contribution is -0.122. The topological polar surface area (TPSA) is 84.1 Å². The maximum Gasteiger partial charge on any atom is 0.236 e. The van der Waals surface area contributed by atoms with Crippen LogP contribution in [0.15, 0.2) is 18.3 Å². The quantitative estimate of drug-likeness (QED) is 0.814. The minimum Gasteiger partial charge on any atom is -0.353 e. The molecule has 2 heterocycles. The Hall–Kier alpha value is -1.69. The standard InChI is InChI=1S/C15H25N5O/c1-11(2)9-13(16)15(21)17-10-12-5-4-8-20(12)14-6-3-7-18-19-14/h3,6-7,11-13H,4-5,8-10,16H2,1-2H3,(H,17,21)/t12?,13-/m0/s1. The summed E-state index contributed by atoms with van der Waals surface area (Å²) in [6, 6.07) is 3.69. The lowest BCUT2D eigenvalue weighted by atomic mass is 10.0. The molecule has 1 aromatic heterocycles. The molecule has 0 bridgehead atoms. The Bertz CT molecular complexity index is 451. The molecule has 3 N–H and O–H groups in total. The van der Waals surface area contributed by atoms with Crippen LogP contribution in [0.5, 0.6) is 0 Å². The zero-order valence-corrected chi connectivity index (χ0v) is 12.8. The molecule has 1 aromatic rings. The smallest absolute Gasteiger partial charge is 0.236 e. The van der Waals surface area contributed by atoms with E-state index in [9.17, 15) is 4.79 Å². The molecule has 1 saturated heterocycles. The van der Waals surface area contributed by atoms with Crippen molar-refractivity contribution < 1.29 is 4.79 Å². The molecular formula is C15H25N5O. The van der Waals surface area contributed by atoms with Crippen molar-refractivity contribution in [3.8, 4) is 0 Å². The van der Waals surface area contributed by atoms with Crippen molar-refractivity contribution in [2.75, 3.05) is 18.0 Å². The summed E-state index contributed by atoms with van der Waals surface area (Å²) in [5.74, 6) is 1.24. The molecule has 6 heteroatoms. The summed E-state index contributed by atoms with van der Waals surface area (Å²) >= 11 is 0. The lowest BCUT2D eigenvalue weighted by Crippen LogP contribution is -2.46. The van der Waals surface area contributed by atoms with Crippen molar-refractivity contribution in [2.45, 2.75) is 45.2 Å². The van der Waals surface area contributed by atoms with Gasteiger partial charge < -0.3 is 16.0 Å². The lowest BCUT2D eigenvalue weighted by Gasteiger charge is -2.26. The Labute approximate surface area is 126 Å². The highest BCUT2D eigenvalue weighted by Crippen LogP contribution is 2.22. The Morgan fingerprint density at radius 2 is 2.38 bits per heavy atom. The van der Waals surface area contributed by atoms with Gasteiger partial charge in [-0.25, -0.2) is 0 Å². The van der Waals surface area contributed by atoms with Crippen molar-refractivity contribution in [2.24, 2.45) is 11.7 Å². The molecular weight excluding hydrogens is 266 g/mol. The highest BCUT2D eigenvalue weighted by Gasteiger charge is 2.26. The van der Waals surface area contributed by atoms with Crippen LogP contribution in [0.25, 0.3) is 0 Å². The van der Waals surface area contributed by atoms with E-state index in [4.69, 9.17) is 5.73 Å². The van der Waals surface area contributed by atoms with Gasteiger partial charge in [-0.2, -0.15) is 5.10 Å². The molecule has 1 amide bonds. The van der Waals surface area contributed by atoms with Gasteiger partial charge in [0.1, 0.15) is 0 Å². The average molecular weight is 291 g/mol. The summed E-state index contributed by atoms with van der Waals surface area (Å²) in [6.45, 7) is 5.71. The highest BCUT2D eigenvalue weighted by molar-refractivity contribution is 5.81. The summed E-state index contributed by atoms with van der Waals surface area (Å²) < 4.78 is 0. The summed E-state index contributed by atoms with van der Waals surface area (Å²) in [7, 11) is 0. The molecule has 21 heavy (non-hydrogen) atoms. The van der Waals surface area contributed by atoms with Gasteiger partial charge in [-0.3, -0.25) is 4.79 Å². The Balaban J connectivity index is 1.86. The summed E-state index contributed by atoms with van der Waals surface area (Å²) in [5.41, 5.74) is 5.90. The van der Waals surface area contributed by atoms with E-state index in [0.29, 0.717) is 18.9 Å². The van der Waals surface area contributed by atoms with Crippen LogP contribution in [-0.2, 0) is 4.79 Å². The molecule has 1 aliphatic heterocycles. The molecule has 0 aromatic carbocycles. The number of carbonyl (C=O) groups is 1. The van der Waals surface area contributed by atoms with Gasteiger partial charge in [0.05, 0.1) is 6.04 Å². The second kappa shape index (κ2) is 7.36. The van der Waals surface area contributed by atoms with Crippen LogP contribution in [0, 0.1) is 5.92 Å². The third-order valence-electron chi connectivity index (χ3n) is 3.80. The zero-order valence-electron chi connectivity index (χ0n) is 12.8. The van der Waals surface area contributed by atoms with E-state index in [1.807, 2.05) is 12.1 Å². The maximum atomic E-state index is 12.0. The Morgan fingerprint density at radius 1 is 1.57 bits per heavy atom. The first-order valence-corrected chi connectivity index (χ1v) is 7.65. The van der Waals surface area contributed by atoms with Crippen LogP contribution >= 0.6 is 0 Å². The first kappa shape index (κ1) is 15.7. The van der Waals surface area contributed by atoms with Crippen molar-refractivity contribution in [3.05, 3.63) is 18.3 Å². The van der Waals surface area contributed by atoms with Crippen LogP contribution < -0.4 is 16.0 Å². The summed E-state index contributed by atoms with van der Waals surface area (Å²) in [4.78, 5) is 14.2. The van der Waals surface area contributed by atoms with Crippen LogP contribution in [-0.4, -0.2) is 41.3 Å². The molecule has 0 spiro atoms. The van der Waals surface area contributed by atoms with E-state index in [1.165, 1.54) is 0 Å². The fourth-order valence-electron chi connectivity index (χ4n) is 2.76. The Kier molecular flexibility index (Phi) is 5.50. The van der Waals surface area contributed by atoms with Gasteiger partial charge in [-0.05, 0) is 37.3 Å². The van der Waals surface area contributed by atoms with Gasteiger partial charge in [0.25, 0.3) is 0 Å². The second-order valence-corrected chi connectivity index (χ2v) is 6.05. The molecule has 0 aliphatic carbocycles. The third-order valence-corrected chi connectivity index (χ3v) is 3.80. The van der Waals surface area contributed by atoms with Crippen molar-refractivity contribution in [3.63, 3.8) is 0 Å². The summed E-state index contributed by atoms with van der Waals surface area (Å²) in [6.07, 6.45) is 4.54. The molecule has 1 fully saturated rings. The van der Waals surface area contributed by atoms with Gasteiger partial charge in [0.2, 0.25) is 5.91 Å². The molecule has 116 valence electrons. The number of nitrogens with zero attached hydrogens (tertiary/aromatic N) is 3. The molecule has 1 aliphatic rings. The minimum atomic E-state index is -0.420. The Morgan fingerprint density at radius 3 is 3.05 bits per heavy atom. The average Bonchev–Trinajstić information content (AvgIpc) is 2.93. The number of rotatable bonds is 6. The fourth-order valence-corrected chi connectivity index (χ4v) is 2.76. The maximum absolute atomic E-state index is 12.0. The summed E-state index contributed by atoms with van der Waals surface area (Å²) in [5, 5.41) is 11.0. The van der Waals surface area contributed by atoms with E-state index in [-0.39, 0.29) is 11.9 Å². The van der Waals surface area contributed by atoms with E-state index in [1.54, 1.807) is 6.20 Å². The number of aromatic nitrogens is 2. The van der Waals surface area contributed by atoms with Crippen LogP contribution in [0.4, 0.5) is 5.82 Å². The number of amides is 1. The van der Waals surface area contributed by atoms with E-state index < -0.39 is 6.04 Å². The van der Waals surface area contributed by atoms with Gasteiger partial charge in [-0.1, -0.05) is 13.8 Å². The monoisotopic (exact) mass is 291 g/mol. The first-order valence-electron chi connectivity index (χ1n) is 7.65. The number of carbonyl (C=O) groups excluding carboxylic acids is 1. The van der Waals surface area contributed by atoms with Crippen LogP contribution in [0.2, 0.25) is 0 Å². The number of hydrogen-bond donors (Lipinski definition) is 2. The number of nitrogens with two attached hydrogens (primary N) is 1. The van der Waals surface area contributed by atoms with Crippen molar-refractivity contribution in [1.82, 2.24) is 15.5 Å². The molecule has 0 radical (unpaired) electrons. The number of anilines is 1. The predicted octanol–water partition coefficient (Wildman–Crippen LogP) is 0.935. The van der Waals surface area contributed by atoms with E-state index >= 15 is 0 Å². The largest absolute Gasteiger partial charge is 0.353 e. The van der Waals surface area contributed by atoms with Gasteiger partial charge in [-0.15, -0.1) is 5.10 Å². The molecule has 6 nitrogen and oxygen atoms in total. The third kappa shape index (κ3) is 4.39. The molecule has 1 unspecified atom stereocenters. The molecule has 0 saturated carbocycles. The molecule has 2 atom stereocenters. The van der Waals surface area contributed by atoms with E-state index in [2.05, 4.69) is 34.3 Å². The van der Waals surface area contributed by atoms with E-state index in [0.717, 1.165) is 25.2 Å². The highest BCUT2D eigenvalue weighted by atomic mass is 16.2. The first-order chi connectivity index (χ1) is 10.1. The zero-order chi connectivity index (χ0) is 15.2. The fraction of sp³-hybridized carbons (Fsp3) is 0.667. The minimum absolute atomic E-state index is 0.0605. The SMILES string of the molecule is CC(C)C[C@H](N)C(=O)NCC1CCCN1c1cccnn1. The van der Waals surface area contributed by atoms with Gasteiger partial charge in [0.15, 0.2) is 5.82 Å². The normalized spacial score (nSPS) is 19.8. The van der Waals surface area contributed by atoms with Crippen molar-refractivity contribution in [1.29, 1.82) is 0 Å². The van der Waals surface area contributed by atoms with Gasteiger partial charge >= 0.3 is 0 Å². The van der Waals surface area contributed by atoms with Crippen LogP contribution in [0.3, 0.4) is 0 Å².